The quantitative estimate of drug-likeness (QED) is 0.801. The minimum absolute atomic E-state index is 0.142. The lowest BCUT2D eigenvalue weighted by Crippen LogP contribution is -2.12. The molecule has 1 aromatic heterocycles. The molecule has 3 rings (SSSR count). The number of nitrogens with one attached hydrogen (secondary N) is 1. The predicted octanol–water partition coefficient (Wildman–Crippen LogP) is 3.63. The number of anilines is 1. The summed E-state index contributed by atoms with van der Waals surface area (Å²) in [6, 6.07) is 13.5. The topological polar surface area (TPSA) is 51.1 Å². The molecular formula is C15H13ClN2O2S. The van der Waals surface area contributed by atoms with E-state index in [0.717, 1.165) is 10.9 Å². The number of aryl methyl sites for hydroxylation is 1. The Hall–Kier alpha value is -1.98. The molecule has 21 heavy (non-hydrogen) atoms. The first-order valence-corrected chi connectivity index (χ1v) is 8.15. The maximum Gasteiger partial charge on any atom is 0.261 e. The number of nitrogens with zero attached hydrogens (tertiary/aromatic N) is 1. The number of benzene rings is 2. The molecule has 6 heteroatoms. The van der Waals surface area contributed by atoms with Gasteiger partial charge in [0.2, 0.25) is 0 Å². The van der Waals surface area contributed by atoms with Gasteiger partial charge in [-0.15, -0.1) is 0 Å². The monoisotopic (exact) mass is 320 g/mol. The fourth-order valence-electron chi connectivity index (χ4n) is 2.19. The van der Waals surface area contributed by atoms with Crippen molar-refractivity contribution in [2.24, 2.45) is 7.05 Å². The average molecular weight is 321 g/mol. The third-order valence-corrected chi connectivity index (χ3v) is 4.86. The molecule has 0 radical (unpaired) electrons. The molecule has 0 aliphatic heterocycles. The molecule has 4 nitrogen and oxygen atoms in total. The molecule has 0 saturated carbocycles. The van der Waals surface area contributed by atoms with Gasteiger partial charge in [-0.3, -0.25) is 4.72 Å². The smallest absolute Gasteiger partial charge is 0.261 e. The molecule has 0 unspecified atom stereocenters. The van der Waals surface area contributed by atoms with Gasteiger partial charge in [0.25, 0.3) is 10.0 Å². The van der Waals surface area contributed by atoms with Crippen molar-refractivity contribution in [3.8, 4) is 0 Å². The van der Waals surface area contributed by atoms with Crippen LogP contribution in [0, 0.1) is 0 Å². The fourth-order valence-corrected chi connectivity index (χ4v) is 3.54. The van der Waals surface area contributed by atoms with E-state index in [1.54, 1.807) is 24.3 Å². The molecule has 1 heterocycles. The molecule has 108 valence electrons. The van der Waals surface area contributed by atoms with E-state index in [-0.39, 0.29) is 4.90 Å². The third kappa shape index (κ3) is 2.75. The highest BCUT2D eigenvalue weighted by Crippen LogP contribution is 2.23. The van der Waals surface area contributed by atoms with Gasteiger partial charge in [-0.05, 0) is 42.5 Å². The normalized spacial score (nSPS) is 11.7. The standard InChI is InChI=1S/C15H13ClN2O2S/c1-18-8-7-11-9-13(5-6-15(11)18)17-21(19,20)14-4-2-3-12(16)10-14/h2-10,17H,1H3. The van der Waals surface area contributed by atoms with Gasteiger partial charge in [-0.25, -0.2) is 8.42 Å². The summed E-state index contributed by atoms with van der Waals surface area (Å²) in [4.78, 5) is 0.142. The highest BCUT2D eigenvalue weighted by molar-refractivity contribution is 7.92. The number of aromatic nitrogens is 1. The van der Waals surface area contributed by atoms with Crippen molar-refractivity contribution in [2.75, 3.05) is 4.72 Å². The van der Waals surface area contributed by atoms with Gasteiger partial charge in [0.15, 0.2) is 0 Å². The van der Waals surface area contributed by atoms with E-state index < -0.39 is 10.0 Å². The Balaban J connectivity index is 1.97. The van der Waals surface area contributed by atoms with Crippen LogP contribution >= 0.6 is 11.6 Å². The summed E-state index contributed by atoms with van der Waals surface area (Å²) >= 11 is 5.84. The Bertz CT molecular complexity index is 916. The molecular weight excluding hydrogens is 308 g/mol. The minimum Gasteiger partial charge on any atom is -0.351 e. The first-order valence-electron chi connectivity index (χ1n) is 6.29. The van der Waals surface area contributed by atoms with Crippen molar-refractivity contribution in [1.29, 1.82) is 0 Å². The molecule has 3 aromatic rings. The van der Waals surface area contributed by atoms with Crippen molar-refractivity contribution in [3.05, 3.63) is 59.8 Å². The van der Waals surface area contributed by atoms with Crippen molar-refractivity contribution in [3.63, 3.8) is 0 Å². The summed E-state index contributed by atoms with van der Waals surface area (Å²) in [6.45, 7) is 0. The lowest BCUT2D eigenvalue weighted by Gasteiger charge is -2.09. The van der Waals surface area contributed by atoms with Crippen molar-refractivity contribution in [2.45, 2.75) is 4.90 Å². The van der Waals surface area contributed by atoms with Crippen molar-refractivity contribution < 1.29 is 8.42 Å². The van der Waals surface area contributed by atoms with Gasteiger partial charge in [-0.2, -0.15) is 0 Å². The Kier molecular flexibility index (Phi) is 3.39. The van der Waals surface area contributed by atoms with Crippen LogP contribution in [-0.4, -0.2) is 13.0 Å². The van der Waals surface area contributed by atoms with Gasteiger partial charge in [0.05, 0.1) is 4.90 Å². The maximum atomic E-state index is 12.3. The average Bonchev–Trinajstić information content (AvgIpc) is 2.79. The van der Waals surface area contributed by atoms with Gasteiger partial charge < -0.3 is 4.57 Å². The Morgan fingerprint density at radius 3 is 2.67 bits per heavy atom. The zero-order valence-corrected chi connectivity index (χ0v) is 12.8. The van der Waals surface area contributed by atoms with Crippen LogP contribution < -0.4 is 4.72 Å². The van der Waals surface area contributed by atoms with E-state index in [4.69, 9.17) is 11.6 Å². The lowest BCUT2D eigenvalue weighted by atomic mass is 10.2. The summed E-state index contributed by atoms with van der Waals surface area (Å²) < 4.78 is 29.2. The molecule has 0 aliphatic carbocycles. The van der Waals surface area contributed by atoms with E-state index in [1.165, 1.54) is 12.1 Å². The van der Waals surface area contributed by atoms with Crippen LogP contribution in [-0.2, 0) is 17.1 Å². The molecule has 2 aromatic carbocycles. The molecule has 0 amide bonds. The summed E-state index contributed by atoms with van der Waals surface area (Å²) in [7, 11) is -1.70. The second-order valence-corrected chi connectivity index (χ2v) is 6.88. The lowest BCUT2D eigenvalue weighted by molar-refractivity contribution is 0.601. The van der Waals surface area contributed by atoms with Crippen molar-refractivity contribution >= 4 is 38.2 Å². The van der Waals surface area contributed by atoms with Crippen LogP contribution in [0.4, 0.5) is 5.69 Å². The van der Waals surface area contributed by atoms with Crippen LogP contribution in [0.3, 0.4) is 0 Å². The van der Waals surface area contributed by atoms with Gasteiger partial charge >= 0.3 is 0 Å². The van der Waals surface area contributed by atoms with E-state index in [1.807, 2.05) is 29.9 Å². The van der Waals surface area contributed by atoms with Gasteiger partial charge in [0.1, 0.15) is 0 Å². The SMILES string of the molecule is Cn1ccc2cc(NS(=O)(=O)c3cccc(Cl)c3)ccc21. The highest BCUT2D eigenvalue weighted by Gasteiger charge is 2.14. The van der Waals surface area contributed by atoms with Crippen LogP contribution in [0.15, 0.2) is 59.6 Å². The highest BCUT2D eigenvalue weighted by atomic mass is 35.5. The largest absolute Gasteiger partial charge is 0.351 e. The second kappa shape index (κ2) is 5.09. The van der Waals surface area contributed by atoms with Gasteiger partial charge in [-0.1, -0.05) is 17.7 Å². The summed E-state index contributed by atoms with van der Waals surface area (Å²) in [5.74, 6) is 0. The van der Waals surface area contributed by atoms with Crippen LogP contribution in [0.2, 0.25) is 5.02 Å². The van der Waals surface area contributed by atoms with Crippen LogP contribution in [0.5, 0.6) is 0 Å². The van der Waals surface area contributed by atoms with E-state index in [9.17, 15) is 8.42 Å². The summed E-state index contributed by atoms with van der Waals surface area (Å²) in [5.41, 5.74) is 1.56. The molecule has 0 atom stereocenters. The molecule has 0 saturated heterocycles. The number of sulfonamides is 1. The minimum atomic E-state index is -3.64. The fraction of sp³-hybridized carbons (Fsp3) is 0.0667. The van der Waals surface area contributed by atoms with E-state index >= 15 is 0 Å². The number of hydrogen-bond donors (Lipinski definition) is 1. The Labute approximate surface area is 128 Å². The van der Waals surface area contributed by atoms with E-state index in [2.05, 4.69) is 4.72 Å². The van der Waals surface area contributed by atoms with Crippen LogP contribution in [0.1, 0.15) is 0 Å². The second-order valence-electron chi connectivity index (χ2n) is 4.76. The summed E-state index contributed by atoms with van der Waals surface area (Å²) in [6.07, 6.45) is 1.93. The summed E-state index contributed by atoms with van der Waals surface area (Å²) in [5, 5.41) is 1.36. The predicted molar refractivity (Wildman–Crippen MR) is 85.2 cm³/mol. The number of rotatable bonds is 3. The van der Waals surface area contributed by atoms with Crippen molar-refractivity contribution in [1.82, 2.24) is 4.57 Å². The molecule has 1 N–H and O–H groups in total. The Morgan fingerprint density at radius 2 is 1.90 bits per heavy atom. The zero-order valence-electron chi connectivity index (χ0n) is 11.2. The van der Waals surface area contributed by atoms with Crippen LogP contribution in [0.25, 0.3) is 10.9 Å². The number of hydrogen-bond acceptors (Lipinski definition) is 2. The van der Waals surface area contributed by atoms with Gasteiger partial charge in [0, 0.05) is 34.9 Å². The molecule has 0 bridgehead atoms. The number of fused-ring (bicyclic) bond motifs is 1. The molecule has 0 spiro atoms. The zero-order chi connectivity index (χ0) is 15.0. The molecule has 0 fully saturated rings. The van der Waals surface area contributed by atoms with E-state index in [0.29, 0.717) is 10.7 Å². The Morgan fingerprint density at radius 1 is 1.10 bits per heavy atom. The number of halogens is 1. The third-order valence-electron chi connectivity index (χ3n) is 3.24. The first kappa shape index (κ1) is 14.0. The maximum absolute atomic E-state index is 12.3. The first-order chi connectivity index (χ1) is 9.95. The molecule has 0 aliphatic rings.